The van der Waals surface area contributed by atoms with Gasteiger partial charge >= 0.3 is 6.03 Å². The number of aromatic nitrogens is 2. The zero-order chi connectivity index (χ0) is 13.1. The van der Waals surface area contributed by atoms with Gasteiger partial charge < -0.3 is 10.4 Å². The summed E-state index contributed by atoms with van der Waals surface area (Å²) < 4.78 is 1.47. The monoisotopic (exact) mass is 261 g/mol. The predicted octanol–water partition coefficient (Wildman–Crippen LogP) is 1.52. The van der Waals surface area contributed by atoms with Crippen LogP contribution in [0.15, 0.2) is 18.7 Å². The summed E-state index contributed by atoms with van der Waals surface area (Å²) in [6.45, 7) is 0. The van der Waals surface area contributed by atoms with Crippen molar-refractivity contribution in [3.8, 4) is 0 Å². The molecule has 5 heteroatoms. The summed E-state index contributed by atoms with van der Waals surface area (Å²) in [7, 11) is 0. The lowest BCUT2D eigenvalue weighted by atomic mass is 9.51. The van der Waals surface area contributed by atoms with Gasteiger partial charge in [0.05, 0.1) is 5.60 Å². The van der Waals surface area contributed by atoms with Crippen LogP contribution in [0.25, 0.3) is 0 Å². The van der Waals surface area contributed by atoms with Crippen LogP contribution in [0, 0.1) is 11.8 Å². The lowest BCUT2D eigenvalue weighted by molar-refractivity contribution is -0.139. The molecule has 4 fully saturated rings. The number of carbonyl (C=O) groups is 1. The van der Waals surface area contributed by atoms with Gasteiger partial charge in [-0.2, -0.15) is 0 Å². The van der Waals surface area contributed by atoms with Crippen LogP contribution >= 0.6 is 0 Å². The zero-order valence-corrected chi connectivity index (χ0v) is 10.9. The first-order valence-corrected chi connectivity index (χ1v) is 7.09. The van der Waals surface area contributed by atoms with Crippen LogP contribution in [0.5, 0.6) is 0 Å². The molecule has 19 heavy (non-hydrogen) atoms. The molecule has 2 N–H and O–H groups in total. The second kappa shape index (κ2) is 3.60. The number of imidazole rings is 1. The van der Waals surface area contributed by atoms with Crippen LogP contribution in [0.2, 0.25) is 0 Å². The Balaban J connectivity index is 1.59. The summed E-state index contributed by atoms with van der Waals surface area (Å²) in [5, 5.41) is 13.8. The number of nitrogens with zero attached hydrogens (tertiary/aromatic N) is 2. The van der Waals surface area contributed by atoms with Gasteiger partial charge in [0.2, 0.25) is 0 Å². The molecule has 102 valence electrons. The van der Waals surface area contributed by atoms with Crippen molar-refractivity contribution < 1.29 is 9.90 Å². The van der Waals surface area contributed by atoms with Crippen molar-refractivity contribution in [3.05, 3.63) is 18.7 Å². The molecule has 2 atom stereocenters. The minimum atomic E-state index is -0.535. The molecule has 0 aliphatic heterocycles. The number of carbonyl (C=O) groups excluding carboxylic acids is 1. The average Bonchev–Trinajstić information content (AvgIpc) is 2.77. The summed E-state index contributed by atoms with van der Waals surface area (Å²) in [6.07, 6.45) is 10.6. The topological polar surface area (TPSA) is 67.2 Å². The predicted molar refractivity (Wildman–Crippen MR) is 68.5 cm³/mol. The van der Waals surface area contributed by atoms with Crippen molar-refractivity contribution >= 4 is 6.03 Å². The average molecular weight is 261 g/mol. The Labute approximate surface area is 112 Å². The highest BCUT2D eigenvalue weighted by atomic mass is 16.3. The lowest BCUT2D eigenvalue weighted by Crippen LogP contribution is -2.65. The van der Waals surface area contributed by atoms with Crippen LogP contribution in [0.1, 0.15) is 38.5 Å². The van der Waals surface area contributed by atoms with Crippen LogP contribution in [0.4, 0.5) is 4.79 Å². The molecule has 4 aliphatic carbocycles. The molecule has 1 amide bonds. The van der Waals surface area contributed by atoms with Gasteiger partial charge in [0.25, 0.3) is 0 Å². The largest absolute Gasteiger partial charge is 0.390 e. The molecule has 1 heterocycles. The van der Waals surface area contributed by atoms with E-state index in [9.17, 15) is 9.90 Å². The van der Waals surface area contributed by atoms with Crippen molar-refractivity contribution in [3.63, 3.8) is 0 Å². The smallest absolute Gasteiger partial charge is 0.327 e. The van der Waals surface area contributed by atoms with Crippen LogP contribution in [0.3, 0.4) is 0 Å². The van der Waals surface area contributed by atoms with Gasteiger partial charge in [0.1, 0.15) is 6.33 Å². The summed E-state index contributed by atoms with van der Waals surface area (Å²) in [5.74, 6) is 1.16. The van der Waals surface area contributed by atoms with E-state index in [1.54, 1.807) is 12.4 Å². The third-order valence-electron chi connectivity index (χ3n) is 5.14. The third-order valence-corrected chi connectivity index (χ3v) is 5.14. The molecule has 4 bridgehead atoms. The molecule has 1 aromatic rings. The number of rotatable bonds is 1. The molecule has 0 saturated heterocycles. The van der Waals surface area contributed by atoms with Gasteiger partial charge in [-0.3, -0.25) is 4.57 Å². The van der Waals surface area contributed by atoms with Crippen molar-refractivity contribution in [2.45, 2.75) is 49.7 Å². The highest BCUT2D eigenvalue weighted by Crippen LogP contribution is 2.57. The Kier molecular flexibility index (Phi) is 2.17. The summed E-state index contributed by atoms with van der Waals surface area (Å²) in [5.41, 5.74) is -0.730. The van der Waals surface area contributed by atoms with Crippen molar-refractivity contribution in [2.24, 2.45) is 11.8 Å². The number of hydrogen-bond donors (Lipinski definition) is 2. The SMILES string of the molecule is O=C(NC12CC3CC(CC(O)(C3)C1)C2)n1ccnc1. The maximum absolute atomic E-state index is 12.2. The Morgan fingerprint density at radius 1 is 1.32 bits per heavy atom. The summed E-state index contributed by atoms with van der Waals surface area (Å²) >= 11 is 0. The minimum Gasteiger partial charge on any atom is -0.390 e. The summed E-state index contributed by atoms with van der Waals surface area (Å²) in [6, 6.07) is -0.122. The van der Waals surface area contributed by atoms with E-state index in [4.69, 9.17) is 0 Å². The van der Waals surface area contributed by atoms with E-state index in [0.29, 0.717) is 18.3 Å². The lowest BCUT2D eigenvalue weighted by Gasteiger charge is -2.60. The second-order valence-corrected chi connectivity index (χ2v) is 6.87. The van der Waals surface area contributed by atoms with E-state index in [-0.39, 0.29) is 11.6 Å². The Hall–Kier alpha value is -1.36. The summed E-state index contributed by atoms with van der Waals surface area (Å²) in [4.78, 5) is 16.1. The highest BCUT2D eigenvalue weighted by Gasteiger charge is 2.57. The van der Waals surface area contributed by atoms with E-state index < -0.39 is 5.60 Å². The van der Waals surface area contributed by atoms with Crippen molar-refractivity contribution in [1.82, 2.24) is 14.9 Å². The number of hydrogen-bond acceptors (Lipinski definition) is 3. The zero-order valence-electron chi connectivity index (χ0n) is 10.9. The number of aliphatic hydroxyl groups is 1. The standard InChI is InChI=1S/C14H19N3O2/c18-12(17-2-1-15-9-17)16-13-4-10-3-11(5-13)7-14(19,6-10)8-13/h1-2,9-11,19H,3-8H2,(H,16,18). The maximum atomic E-state index is 12.2. The molecule has 0 radical (unpaired) electrons. The fourth-order valence-corrected chi connectivity index (χ4v) is 5.03. The van der Waals surface area contributed by atoms with E-state index in [0.717, 1.165) is 25.7 Å². The first kappa shape index (κ1) is 11.5. The molecular formula is C14H19N3O2. The van der Waals surface area contributed by atoms with E-state index in [2.05, 4.69) is 10.3 Å². The molecular weight excluding hydrogens is 242 g/mol. The van der Waals surface area contributed by atoms with E-state index in [1.165, 1.54) is 17.3 Å². The molecule has 5 nitrogen and oxygen atoms in total. The highest BCUT2D eigenvalue weighted by molar-refractivity contribution is 5.77. The first-order valence-electron chi connectivity index (χ1n) is 7.09. The fourth-order valence-electron chi connectivity index (χ4n) is 5.03. The van der Waals surface area contributed by atoms with Crippen LogP contribution < -0.4 is 5.32 Å². The van der Waals surface area contributed by atoms with Crippen molar-refractivity contribution in [2.75, 3.05) is 0 Å². The van der Waals surface area contributed by atoms with Gasteiger partial charge in [-0.05, 0) is 50.4 Å². The van der Waals surface area contributed by atoms with Gasteiger partial charge in [0, 0.05) is 17.9 Å². The molecule has 0 spiro atoms. The van der Waals surface area contributed by atoms with Gasteiger partial charge in [-0.25, -0.2) is 9.78 Å². The third kappa shape index (κ3) is 1.79. The maximum Gasteiger partial charge on any atom is 0.327 e. The Bertz CT molecular complexity index is 497. The van der Waals surface area contributed by atoms with E-state index >= 15 is 0 Å². The second-order valence-electron chi connectivity index (χ2n) is 6.87. The quantitative estimate of drug-likeness (QED) is 0.805. The molecule has 4 saturated carbocycles. The molecule has 0 aromatic carbocycles. The van der Waals surface area contributed by atoms with Gasteiger partial charge in [0.15, 0.2) is 0 Å². The van der Waals surface area contributed by atoms with Crippen LogP contribution in [-0.4, -0.2) is 31.8 Å². The number of nitrogens with one attached hydrogen (secondary N) is 1. The first-order chi connectivity index (χ1) is 9.06. The van der Waals surface area contributed by atoms with Gasteiger partial charge in [-0.15, -0.1) is 0 Å². The van der Waals surface area contributed by atoms with Crippen LogP contribution in [-0.2, 0) is 0 Å². The minimum absolute atomic E-state index is 0.122. The molecule has 5 rings (SSSR count). The molecule has 1 aromatic heterocycles. The molecule has 2 unspecified atom stereocenters. The Morgan fingerprint density at radius 3 is 2.63 bits per heavy atom. The normalized spacial score (nSPS) is 43.4. The van der Waals surface area contributed by atoms with Gasteiger partial charge in [-0.1, -0.05) is 0 Å². The number of amides is 1. The van der Waals surface area contributed by atoms with E-state index in [1.807, 2.05) is 0 Å². The fraction of sp³-hybridized carbons (Fsp3) is 0.714. The molecule has 4 aliphatic rings. The Morgan fingerprint density at radius 2 is 2.05 bits per heavy atom. The van der Waals surface area contributed by atoms with Crippen molar-refractivity contribution in [1.29, 1.82) is 0 Å².